The Kier molecular flexibility index (Phi) is 7.22. The van der Waals surface area contributed by atoms with Crippen LogP contribution < -0.4 is 20.5 Å². The Morgan fingerprint density at radius 2 is 2.14 bits per heavy atom. The van der Waals surface area contributed by atoms with Gasteiger partial charge in [0, 0.05) is 41.1 Å². The molecule has 4 heterocycles. The Morgan fingerprint density at radius 1 is 1.36 bits per heavy atom. The molecule has 10 nitrogen and oxygen atoms in total. The Bertz CT molecular complexity index is 1180. The number of rotatable bonds is 7. The quantitative estimate of drug-likeness (QED) is 0.299. The molecule has 2 aliphatic heterocycles. The van der Waals surface area contributed by atoms with Crippen LogP contribution in [0.2, 0.25) is 0 Å². The third-order valence-electron chi connectivity index (χ3n) is 5.87. The highest BCUT2D eigenvalue weighted by Crippen LogP contribution is 2.34. The number of ether oxygens (including phenoxy) is 2. The summed E-state index contributed by atoms with van der Waals surface area (Å²) in [6, 6.07) is 1.19. The Labute approximate surface area is 206 Å². The fourth-order valence-corrected chi connectivity index (χ4v) is 4.72. The molecule has 2 N–H and O–H groups in total. The molecule has 196 valence electrons. The molecule has 2 aromatic rings. The minimum absolute atomic E-state index is 0.0415. The molecule has 2 unspecified atom stereocenters. The molecule has 2 atom stereocenters. The molecule has 0 radical (unpaired) electrons. The summed E-state index contributed by atoms with van der Waals surface area (Å²) < 4.78 is 64.4. The van der Waals surface area contributed by atoms with Crippen molar-refractivity contribution in [1.82, 2.24) is 20.1 Å². The highest BCUT2D eigenvalue weighted by Gasteiger charge is 2.39. The van der Waals surface area contributed by atoms with E-state index >= 15 is 0 Å². The normalized spacial score (nSPS) is 19.2. The fraction of sp³-hybridized carbons (Fsp3) is 0.524. The molecule has 1 fully saturated rings. The number of anilines is 2. The number of carbonyl (C=O) groups excluding carboxylic acids is 1. The zero-order valence-corrected chi connectivity index (χ0v) is 21.7. The van der Waals surface area contributed by atoms with Crippen molar-refractivity contribution in [3.8, 4) is 5.75 Å². The predicted octanol–water partition coefficient (Wildman–Crippen LogP) is 0.333. The van der Waals surface area contributed by atoms with Gasteiger partial charge in [-0.15, -0.1) is 0 Å². The van der Waals surface area contributed by atoms with Crippen LogP contribution in [0.3, 0.4) is 0 Å². The van der Waals surface area contributed by atoms with E-state index in [0.29, 0.717) is 48.1 Å². The fourth-order valence-electron chi connectivity index (χ4n) is 4.24. The first kappa shape index (κ1) is 25.9. The molecule has 0 spiro atoms. The number of amides is 1. The number of aromatic amines is 1. The van der Waals surface area contributed by atoms with Crippen molar-refractivity contribution in [2.75, 3.05) is 49.7 Å². The van der Waals surface area contributed by atoms with Crippen molar-refractivity contribution in [2.45, 2.75) is 30.7 Å². The zero-order valence-electron chi connectivity index (χ0n) is 19.7. The average Bonchev–Trinajstić information content (AvgIpc) is 2.80. The number of halogens is 4. The van der Waals surface area contributed by atoms with E-state index in [1.807, 2.05) is 4.90 Å². The summed E-state index contributed by atoms with van der Waals surface area (Å²) in [6.07, 6.45) is -2.69. The summed E-state index contributed by atoms with van der Waals surface area (Å²) in [5.74, 6) is 0.356. The Balaban J connectivity index is 1.26. The van der Waals surface area contributed by atoms with Gasteiger partial charge in [0.25, 0.3) is 5.56 Å². The predicted molar refractivity (Wildman–Crippen MR) is 125 cm³/mol. The number of hydrogen-bond acceptors (Lipinski definition) is 8. The zero-order chi connectivity index (χ0) is 26.1. The van der Waals surface area contributed by atoms with E-state index in [4.69, 9.17) is 9.47 Å². The van der Waals surface area contributed by atoms with Gasteiger partial charge >= 0.3 is 6.18 Å². The minimum atomic E-state index is -4.84. The van der Waals surface area contributed by atoms with Crippen molar-refractivity contribution >= 4 is 27.7 Å². The summed E-state index contributed by atoms with van der Waals surface area (Å²) in [4.78, 5) is 32.2. The van der Waals surface area contributed by atoms with E-state index in [0.717, 1.165) is 12.4 Å². The third-order valence-corrected chi connectivity index (χ3v) is 6.41. The van der Waals surface area contributed by atoms with Crippen LogP contribution in [-0.2, 0) is 15.7 Å². The molecule has 0 aliphatic carbocycles. The molecular weight excluding hydrogens is 504 g/mol. The summed E-state index contributed by atoms with van der Waals surface area (Å²) in [7, 11) is 0.386. The lowest BCUT2D eigenvalue weighted by atomic mass is 10.1. The van der Waals surface area contributed by atoms with Gasteiger partial charge < -0.3 is 24.6 Å². The molecule has 1 amide bonds. The maximum atomic E-state index is 13.4. The molecule has 0 saturated carbocycles. The molecule has 2 aliphatic rings. The van der Waals surface area contributed by atoms with Gasteiger partial charge in [-0.05, 0) is 6.92 Å². The number of carbonyl (C=O) groups is 1. The first-order valence-electron chi connectivity index (χ1n) is 11.3. The van der Waals surface area contributed by atoms with Crippen molar-refractivity contribution in [3.63, 3.8) is 0 Å². The van der Waals surface area contributed by atoms with Crippen LogP contribution in [0.25, 0.3) is 0 Å². The number of pyridine rings is 1. The summed E-state index contributed by atoms with van der Waals surface area (Å²) in [5, 5.41) is 7.12. The number of hydrogen-bond donors (Lipinski definition) is 2. The second-order valence-electron chi connectivity index (χ2n) is 9.27. The van der Waals surface area contributed by atoms with E-state index < -0.39 is 34.0 Å². The van der Waals surface area contributed by atoms with E-state index in [1.165, 1.54) is 6.07 Å². The van der Waals surface area contributed by atoms with E-state index in [9.17, 15) is 27.2 Å². The number of aromatic nitrogens is 3. The largest absolute Gasteiger partial charge is 0.487 e. The van der Waals surface area contributed by atoms with Crippen molar-refractivity contribution < 1.29 is 31.8 Å². The van der Waals surface area contributed by atoms with Crippen LogP contribution in [0.1, 0.15) is 18.9 Å². The van der Waals surface area contributed by atoms with Crippen LogP contribution >= 0.6 is 0 Å². The second kappa shape index (κ2) is 10.0. The monoisotopic (exact) mass is 530 g/mol. The van der Waals surface area contributed by atoms with E-state index in [2.05, 4.69) is 15.4 Å². The van der Waals surface area contributed by atoms with E-state index in [-0.39, 0.29) is 31.6 Å². The van der Waals surface area contributed by atoms with Crippen LogP contribution in [0.15, 0.2) is 23.3 Å². The standard InChI is InChI=1S/C21H26F4N6O4Si/c1-20(36,28-14-8-27-29-19(33)17(14)21(23,24)25)11-34-5-2-16(32)30-3-4-31-13(9-30)10-35-15-6-12(22)7-26-18(15)31/h6-8,13H,2-5,9-11H2,1,36H3,(H2,28,29,33). The number of nitrogens with one attached hydrogen (secondary N) is 2. The molecular formula is C21H26F4N6O4Si. The summed E-state index contributed by atoms with van der Waals surface area (Å²) >= 11 is 0. The third kappa shape index (κ3) is 5.78. The van der Waals surface area contributed by atoms with Crippen LogP contribution in [-0.4, -0.2) is 86.9 Å². The molecule has 4 rings (SSSR count). The van der Waals surface area contributed by atoms with Gasteiger partial charge in [0.15, 0.2) is 11.6 Å². The second-order valence-corrected chi connectivity index (χ2v) is 11.5. The lowest BCUT2D eigenvalue weighted by Gasteiger charge is -2.44. The molecule has 1 saturated heterocycles. The van der Waals surface area contributed by atoms with E-state index in [1.54, 1.807) is 16.9 Å². The highest BCUT2D eigenvalue weighted by molar-refractivity contribution is 6.16. The van der Waals surface area contributed by atoms with Gasteiger partial charge in [-0.2, -0.15) is 18.3 Å². The first-order valence-corrected chi connectivity index (χ1v) is 12.3. The lowest BCUT2D eigenvalue weighted by Crippen LogP contribution is -2.58. The van der Waals surface area contributed by atoms with Gasteiger partial charge in [-0.25, -0.2) is 14.5 Å². The van der Waals surface area contributed by atoms with Crippen molar-refractivity contribution in [3.05, 3.63) is 40.2 Å². The number of fused-ring (bicyclic) bond motifs is 3. The number of piperazine rings is 1. The molecule has 0 bridgehead atoms. The van der Waals surface area contributed by atoms with Crippen molar-refractivity contribution in [1.29, 1.82) is 0 Å². The topological polar surface area (TPSA) is 113 Å². The number of nitrogens with zero attached hydrogens (tertiary/aromatic N) is 4. The Morgan fingerprint density at radius 3 is 2.89 bits per heavy atom. The Hall–Kier alpha value is -3.20. The molecule has 2 aromatic heterocycles. The SMILES string of the molecule is CC([SiH3])(COCCC(=O)N1CCN2c3ncc(F)cc3OCC2C1)Nc1cn[nH]c(=O)c1C(F)(F)F. The van der Waals surface area contributed by atoms with Crippen LogP contribution in [0, 0.1) is 5.82 Å². The molecule has 15 heteroatoms. The van der Waals surface area contributed by atoms with Gasteiger partial charge in [0.05, 0.1) is 43.8 Å². The van der Waals surface area contributed by atoms with Gasteiger partial charge in [0.1, 0.15) is 18.0 Å². The average molecular weight is 531 g/mol. The molecule has 36 heavy (non-hydrogen) atoms. The maximum Gasteiger partial charge on any atom is 0.423 e. The van der Waals surface area contributed by atoms with Crippen LogP contribution in [0.5, 0.6) is 5.75 Å². The maximum absolute atomic E-state index is 13.4. The smallest absolute Gasteiger partial charge is 0.423 e. The number of H-pyrrole nitrogens is 1. The van der Waals surface area contributed by atoms with Gasteiger partial charge in [0.2, 0.25) is 5.91 Å². The number of alkyl halides is 3. The first-order chi connectivity index (χ1) is 16.9. The lowest BCUT2D eigenvalue weighted by molar-refractivity contribution is -0.138. The van der Waals surface area contributed by atoms with Crippen LogP contribution in [0.4, 0.5) is 29.1 Å². The molecule has 0 aromatic carbocycles. The van der Waals surface area contributed by atoms with Crippen molar-refractivity contribution in [2.24, 2.45) is 0 Å². The highest BCUT2D eigenvalue weighted by atomic mass is 28.1. The minimum Gasteiger partial charge on any atom is -0.487 e. The van der Waals surface area contributed by atoms with Gasteiger partial charge in [-0.1, -0.05) is 0 Å². The summed E-state index contributed by atoms with van der Waals surface area (Å²) in [5.41, 5.74) is -3.09. The summed E-state index contributed by atoms with van der Waals surface area (Å²) in [6.45, 7) is 3.52. The van der Waals surface area contributed by atoms with Gasteiger partial charge in [-0.3, -0.25) is 9.59 Å².